The first-order valence-electron chi connectivity index (χ1n) is 9.97. The lowest BCUT2D eigenvalue weighted by molar-refractivity contribution is -0.148. The molecule has 166 valence electrons. The van der Waals surface area contributed by atoms with E-state index in [0.717, 1.165) is 12.0 Å². The van der Waals surface area contributed by atoms with Gasteiger partial charge < -0.3 is 4.74 Å². The summed E-state index contributed by atoms with van der Waals surface area (Å²) in [4.78, 5) is 24.5. The third kappa shape index (κ3) is 5.47. The van der Waals surface area contributed by atoms with Crippen molar-refractivity contribution in [3.63, 3.8) is 0 Å². The number of rotatable bonds is 7. The maximum atomic E-state index is 12.9. The topological polar surface area (TPSA) is 80.8 Å². The molecule has 1 aliphatic heterocycles. The van der Waals surface area contributed by atoms with E-state index in [9.17, 15) is 18.0 Å². The van der Waals surface area contributed by atoms with E-state index < -0.39 is 21.9 Å². The first-order chi connectivity index (χ1) is 14.7. The number of benzene rings is 2. The molecule has 2 aromatic rings. The van der Waals surface area contributed by atoms with Gasteiger partial charge in [0.1, 0.15) is 4.90 Å². The minimum atomic E-state index is -3.88. The van der Waals surface area contributed by atoms with Crippen molar-refractivity contribution in [3.05, 3.63) is 63.6 Å². The lowest BCUT2D eigenvalue weighted by Gasteiger charge is -2.30. The van der Waals surface area contributed by atoms with Gasteiger partial charge in [-0.2, -0.15) is 4.31 Å². The van der Waals surface area contributed by atoms with Crippen molar-refractivity contribution in [1.29, 1.82) is 0 Å². The Morgan fingerprint density at radius 2 is 1.61 bits per heavy atom. The molecule has 3 rings (SSSR count). The van der Waals surface area contributed by atoms with Gasteiger partial charge in [0.2, 0.25) is 10.0 Å². The van der Waals surface area contributed by atoms with Crippen molar-refractivity contribution in [3.8, 4) is 0 Å². The molecule has 0 aromatic heterocycles. The summed E-state index contributed by atoms with van der Waals surface area (Å²) in [5.41, 5.74) is 1.61. The van der Waals surface area contributed by atoms with Crippen LogP contribution in [-0.4, -0.2) is 44.2 Å². The predicted octanol–water partition coefficient (Wildman–Crippen LogP) is 4.38. The van der Waals surface area contributed by atoms with E-state index in [4.69, 9.17) is 27.9 Å². The third-order valence-electron chi connectivity index (χ3n) is 5.33. The second kappa shape index (κ2) is 10.1. The Morgan fingerprint density at radius 3 is 2.16 bits per heavy atom. The first kappa shape index (κ1) is 23.7. The summed E-state index contributed by atoms with van der Waals surface area (Å²) >= 11 is 12.1. The number of nitrogens with zero attached hydrogens (tertiary/aromatic N) is 1. The highest BCUT2D eigenvalue weighted by Gasteiger charge is 2.35. The van der Waals surface area contributed by atoms with Gasteiger partial charge in [-0.3, -0.25) is 9.59 Å². The van der Waals surface area contributed by atoms with E-state index in [0.29, 0.717) is 18.4 Å². The van der Waals surface area contributed by atoms with Gasteiger partial charge in [0.05, 0.1) is 16.0 Å². The van der Waals surface area contributed by atoms with Crippen LogP contribution in [0, 0.1) is 5.92 Å². The molecule has 1 aliphatic rings. The molecule has 31 heavy (non-hydrogen) atoms. The summed E-state index contributed by atoms with van der Waals surface area (Å²) in [6.45, 7) is 1.96. The fourth-order valence-electron chi connectivity index (χ4n) is 3.45. The van der Waals surface area contributed by atoms with Crippen LogP contribution in [0.3, 0.4) is 0 Å². The molecule has 1 saturated heterocycles. The van der Waals surface area contributed by atoms with Crippen LogP contribution in [0.2, 0.25) is 10.0 Å². The highest BCUT2D eigenvalue weighted by molar-refractivity contribution is 7.89. The molecule has 0 saturated carbocycles. The number of piperidine rings is 1. The van der Waals surface area contributed by atoms with Gasteiger partial charge in [-0.1, -0.05) is 60.5 Å². The van der Waals surface area contributed by atoms with Crippen LogP contribution in [-0.2, 0) is 26.0 Å². The average Bonchev–Trinajstić information content (AvgIpc) is 2.77. The Hall–Kier alpha value is -1.93. The molecule has 2 aromatic carbocycles. The largest absolute Gasteiger partial charge is 0.457 e. The summed E-state index contributed by atoms with van der Waals surface area (Å²) in [6.07, 6.45) is 1.46. The molecule has 6 nitrogen and oxygen atoms in total. The monoisotopic (exact) mass is 483 g/mol. The van der Waals surface area contributed by atoms with Crippen LogP contribution in [0.5, 0.6) is 0 Å². The van der Waals surface area contributed by atoms with Crippen LogP contribution < -0.4 is 0 Å². The van der Waals surface area contributed by atoms with Crippen LogP contribution in [0.15, 0.2) is 47.4 Å². The normalized spacial score (nSPS) is 15.6. The van der Waals surface area contributed by atoms with Crippen LogP contribution in [0.25, 0.3) is 0 Å². The van der Waals surface area contributed by atoms with Crippen molar-refractivity contribution < 1.29 is 22.7 Å². The number of ketones is 1. The van der Waals surface area contributed by atoms with Crippen LogP contribution in [0.4, 0.5) is 0 Å². The number of Topliss-reactive ketones (excluding diaryl/α,β-unsaturated/α-hetero) is 1. The van der Waals surface area contributed by atoms with E-state index in [-0.39, 0.29) is 40.4 Å². The standard InChI is InChI=1S/C22H23Cl2NO5S/c1-2-15-6-8-16(9-7-15)20(26)14-30-22(27)17-10-12-25(13-11-17)31(28,29)21-18(23)4-3-5-19(21)24/h3-9,17H,2,10-14H2,1H3. The number of esters is 1. The van der Waals surface area contributed by atoms with Crippen molar-refractivity contribution in [2.75, 3.05) is 19.7 Å². The zero-order chi connectivity index (χ0) is 22.6. The van der Waals surface area contributed by atoms with E-state index >= 15 is 0 Å². The molecule has 0 atom stereocenters. The maximum Gasteiger partial charge on any atom is 0.309 e. The predicted molar refractivity (Wildman–Crippen MR) is 119 cm³/mol. The molecule has 1 heterocycles. The fourth-order valence-corrected chi connectivity index (χ4v) is 6.02. The Bertz CT molecular complexity index is 1040. The summed E-state index contributed by atoms with van der Waals surface area (Å²) < 4.78 is 32.3. The smallest absolute Gasteiger partial charge is 0.309 e. The van der Waals surface area contributed by atoms with Gasteiger partial charge in [0, 0.05) is 18.7 Å². The molecule has 0 aliphatic carbocycles. The quantitative estimate of drug-likeness (QED) is 0.431. The lowest BCUT2D eigenvalue weighted by atomic mass is 9.98. The molecule has 0 radical (unpaired) electrons. The number of ether oxygens (including phenoxy) is 1. The number of hydrogen-bond donors (Lipinski definition) is 0. The number of halogens is 2. The second-order valence-electron chi connectivity index (χ2n) is 7.31. The SMILES string of the molecule is CCc1ccc(C(=O)COC(=O)C2CCN(S(=O)(=O)c3c(Cl)cccc3Cl)CC2)cc1. The summed E-state index contributed by atoms with van der Waals surface area (Å²) in [5.74, 6) is -1.24. The van der Waals surface area contributed by atoms with Crippen LogP contribution in [0.1, 0.15) is 35.7 Å². The molecule has 0 N–H and O–H groups in total. The Kier molecular flexibility index (Phi) is 7.75. The van der Waals surface area contributed by atoms with Gasteiger partial charge in [-0.15, -0.1) is 0 Å². The van der Waals surface area contributed by atoms with E-state index in [2.05, 4.69) is 0 Å². The number of aryl methyl sites for hydroxylation is 1. The molecule has 0 spiro atoms. The molecular weight excluding hydrogens is 461 g/mol. The van der Waals surface area contributed by atoms with Crippen molar-refractivity contribution in [1.82, 2.24) is 4.31 Å². The molecule has 9 heteroatoms. The minimum Gasteiger partial charge on any atom is -0.457 e. The second-order valence-corrected chi connectivity index (χ2v) is 10.00. The maximum absolute atomic E-state index is 12.9. The van der Waals surface area contributed by atoms with Gasteiger partial charge in [-0.25, -0.2) is 8.42 Å². The minimum absolute atomic E-state index is 0.0551. The number of sulfonamides is 1. The highest BCUT2D eigenvalue weighted by Crippen LogP contribution is 2.33. The molecule has 0 amide bonds. The van der Waals surface area contributed by atoms with Gasteiger partial charge in [0.25, 0.3) is 0 Å². The van der Waals surface area contributed by atoms with Crippen LogP contribution >= 0.6 is 23.2 Å². The summed E-state index contributed by atoms with van der Waals surface area (Å²) in [5, 5.41) is 0.110. The third-order valence-corrected chi connectivity index (χ3v) is 8.19. The summed E-state index contributed by atoms with van der Waals surface area (Å²) in [7, 11) is -3.88. The number of carbonyl (C=O) groups excluding carboxylic acids is 2. The first-order valence-corrected chi connectivity index (χ1v) is 12.2. The molecule has 0 bridgehead atoms. The number of hydrogen-bond acceptors (Lipinski definition) is 5. The highest BCUT2D eigenvalue weighted by atomic mass is 35.5. The average molecular weight is 484 g/mol. The van der Waals surface area contributed by atoms with E-state index in [1.54, 1.807) is 18.2 Å². The van der Waals surface area contributed by atoms with E-state index in [1.807, 2.05) is 19.1 Å². The Balaban J connectivity index is 1.55. The van der Waals surface area contributed by atoms with Gasteiger partial charge in [0.15, 0.2) is 12.4 Å². The van der Waals surface area contributed by atoms with E-state index in [1.165, 1.54) is 16.4 Å². The fraction of sp³-hybridized carbons (Fsp3) is 0.364. The zero-order valence-electron chi connectivity index (χ0n) is 17.0. The number of carbonyl (C=O) groups is 2. The summed E-state index contributed by atoms with van der Waals surface area (Å²) in [6, 6.07) is 11.7. The van der Waals surface area contributed by atoms with Crippen molar-refractivity contribution in [2.24, 2.45) is 5.92 Å². The molecule has 0 unspecified atom stereocenters. The lowest BCUT2D eigenvalue weighted by Crippen LogP contribution is -2.41. The van der Waals surface area contributed by atoms with Crippen molar-refractivity contribution in [2.45, 2.75) is 31.1 Å². The zero-order valence-corrected chi connectivity index (χ0v) is 19.3. The van der Waals surface area contributed by atoms with Crippen molar-refractivity contribution >= 4 is 45.0 Å². The Morgan fingerprint density at radius 1 is 1.03 bits per heavy atom. The molecular formula is C22H23Cl2NO5S. The van der Waals surface area contributed by atoms with Gasteiger partial charge >= 0.3 is 5.97 Å². The molecule has 1 fully saturated rings. The van der Waals surface area contributed by atoms with Gasteiger partial charge in [-0.05, 0) is 37.0 Å². The Labute approximate surface area is 192 Å².